The van der Waals surface area contributed by atoms with Gasteiger partial charge < -0.3 is 5.11 Å². The molecular formula is C12H8ClF3N2O2. The Labute approximate surface area is 116 Å². The Morgan fingerprint density at radius 3 is 2.45 bits per heavy atom. The molecule has 0 atom stereocenters. The summed E-state index contributed by atoms with van der Waals surface area (Å²) in [6.45, 7) is 0. The van der Waals surface area contributed by atoms with Gasteiger partial charge in [0.1, 0.15) is 0 Å². The summed E-state index contributed by atoms with van der Waals surface area (Å²) in [4.78, 5) is 10.8. The predicted molar refractivity (Wildman–Crippen MR) is 65.6 cm³/mol. The second-order valence-electron chi connectivity index (χ2n) is 4.07. The summed E-state index contributed by atoms with van der Waals surface area (Å²) in [7, 11) is 1.44. The minimum atomic E-state index is -4.53. The fourth-order valence-electron chi connectivity index (χ4n) is 1.74. The highest BCUT2D eigenvalue weighted by Crippen LogP contribution is 2.34. The van der Waals surface area contributed by atoms with Crippen LogP contribution < -0.4 is 0 Å². The molecule has 4 nitrogen and oxygen atoms in total. The molecule has 0 fully saturated rings. The average Bonchev–Trinajstić information content (AvgIpc) is 2.69. The summed E-state index contributed by atoms with van der Waals surface area (Å²) >= 11 is 5.68. The van der Waals surface area contributed by atoms with Gasteiger partial charge in [0.25, 0.3) is 0 Å². The summed E-state index contributed by atoms with van der Waals surface area (Å²) in [6, 6.07) is 4.21. The normalized spacial score (nSPS) is 11.7. The van der Waals surface area contributed by atoms with Crippen molar-refractivity contribution < 1.29 is 23.1 Å². The molecule has 106 valence electrons. The van der Waals surface area contributed by atoms with Crippen LogP contribution in [0.4, 0.5) is 13.2 Å². The van der Waals surface area contributed by atoms with E-state index in [1.54, 1.807) is 0 Å². The monoisotopic (exact) mass is 304 g/mol. The van der Waals surface area contributed by atoms with E-state index in [4.69, 9.17) is 16.7 Å². The SMILES string of the molecule is Cn1nc(C(=O)O)cc1-c1cc(Cl)cc(C(F)(F)F)c1. The minimum absolute atomic E-state index is 0.0899. The van der Waals surface area contributed by atoms with E-state index >= 15 is 0 Å². The van der Waals surface area contributed by atoms with Crippen LogP contribution in [0.1, 0.15) is 16.1 Å². The zero-order chi connectivity index (χ0) is 15.1. The number of alkyl halides is 3. The molecular weight excluding hydrogens is 297 g/mol. The van der Waals surface area contributed by atoms with E-state index in [1.807, 2.05) is 0 Å². The molecule has 0 aliphatic carbocycles. The summed E-state index contributed by atoms with van der Waals surface area (Å²) in [5.74, 6) is -1.26. The number of hydrogen-bond donors (Lipinski definition) is 1. The number of carboxylic acids is 1. The highest BCUT2D eigenvalue weighted by molar-refractivity contribution is 6.31. The van der Waals surface area contributed by atoms with Gasteiger partial charge in [-0.15, -0.1) is 0 Å². The van der Waals surface area contributed by atoms with Crippen molar-refractivity contribution in [2.24, 2.45) is 7.05 Å². The molecule has 1 aromatic heterocycles. The first-order valence-corrected chi connectivity index (χ1v) is 5.72. The van der Waals surface area contributed by atoms with E-state index in [0.29, 0.717) is 0 Å². The Morgan fingerprint density at radius 2 is 1.95 bits per heavy atom. The van der Waals surface area contributed by atoms with Crippen molar-refractivity contribution in [3.63, 3.8) is 0 Å². The predicted octanol–water partition coefficient (Wildman–Crippen LogP) is 3.46. The topological polar surface area (TPSA) is 55.1 Å². The maximum atomic E-state index is 12.7. The molecule has 1 aromatic carbocycles. The first-order valence-electron chi connectivity index (χ1n) is 5.34. The molecule has 0 radical (unpaired) electrons. The quantitative estimate of drug-likeness (QED) is 0.924. The largest absolute Gasteiger partial charge is 0.476 e. The van der Waals surface area contributed by atoms with Gasteiger partial charge in [-0.1, -0.05) is 11.6 Å². The zero-order valence-electron chi connectivity index (χ0n) is 10.1. The third-order valence-corrected chi connectivity index (χ3v) is 2.84. The van der Waals surface area contributed by atoms with Crippen LogP contribution in [0, 0.1) is 0 Å². The molecule has 0 aliphatic rings. The van der Waals surface area contributed by atoms with Crippen molar-refractivity contribution in [1.29, 1.82) is 0 Å². The standard InChI is InChI=1S/C12H8ClF3N2O2/c1-18-10(5-9(17-18)11(19)20)6-2-7(12(14,15)16)4-8(13)3-6/h2-5H,1H3,(H,19,20). The lowest BCUT2D eigenvalue weighted by Gasteiger charge is -2.10. The maximum absolute atomic E-state index is 12.7. The number of aryl methyl sites for hydroxylation is 1. The molecule has 0 amide bonds. The maximum Gasteiger partial charge on any atom is 0.416 e. The summed E-state index contributed by atoms with van der Waals surface area (Å²) in [6.07, 6.45) is -4.53. The highest BCUT2D eigenvalue weighted by Gasteiger charge is 2.31. The van der Waals surface area contributed by atoms with Crippen LogP contribution in [-0.2, 0) is 13.2 Å². The lowest BCUT2D eigenvalue weighted by Crippen LogP contribution is -2.05. The summed E-state index contributed by atoms with van der Waals surface area (Å²) < 4.78 is 39.4. The van der Waals surface area contributed by atoms with Crippen molar-refractivity contribution in [3.05, 3.63) is 40.5 Å². The minimum Gasteiger partial charge on any atom is -0.476 e. The molecule has 0 saturated carbocycles. The van der Waals surface area contributed by atoms with Crippen LogP contribution in [0.2, 0.25) is 5.02 Å². The zero-order valence-corrected chi connectivity index (χ0v) is 10.8. The van der Waals surface area contributed by atoms with Gasteiger partial charge in [0.05, 0.1) is 11.3 Å². The Morgan fingerprint density at radius 1 is 1.30 bits per heavy atom. The third kappa shape index (κ3) is 2.77. The van der Waals surface area contributed by atoms with Crippen LogP contribution in [-0.4, -0.2) is 20.9 Å². The van der Waals surface area contributed by atoms with E-state index in [0.717, 1.165) is 12.1 Å². The van der Waals surface area contributed by atoms with Crippen molar-refractivity contribution in [1.82, 2.24) is 9.78 Å². The van der Waals surface area contributed by atoms with E-state index in [9.17, 15) is 18.0 Å². The number of aromatic carboxylic acids is 1. The number of benzene rings is 1. The molecule has 8 heteroatoms. The molecule has 2 rings (SSSR count). The fourth-order valence-corrected chi connectivity index (χ4v) is 1.98. The Balaban J connectivity index is 2.58. The van der Waals surface area contributed by atoms with Gasteiger partial charge in [-0.25, -0.2) is 4.79 Å². The van der Waals surface area contributed by atoms with Crippen molar-refractivity contribution in [2.75, 3.05) is 0 Å². The van der Waals surface area contributed by atoms with Crippen molar-refractivity contribution in [2.45, 2.75) is 6.18 Å². The lowest BCUT2D eigenvalue weighted by atomic mass is 10.1. The van der Waals surface area contributed by atoms with E-state index in [2.05, 4.69) is 5.10 Å². The molecule has 0 aliphatic heterocycles. The van der Waals surface area contributed by atoms with E-state index in [-0.39, 0.29) is 22.0 Å². The third-order valence-electron chi connectivity index (χ3n) is 2.62. The number of carboxylic acid groups (broad SMARTS) is 1. The Kier molecular flexibility index (Phi) is 3.47. The molecule has 0 bridgehead atoms. The molecule has 0 spiro atoms. The number of halogens is 4. The van der Waals surface area contributed by atoms with Gasteiger partial charge in [0.15, 0.2) is 5.69 Å². The van der Waals surface area contributed by atoms with Gasteiger partial charge in [-0.05, 0) is 24.3 Å². The van der Waals surface area contributed by atoms with Gasteiger partial charge in [0, 0.05) is 17.6 Å². The second kappa shape index (κ2) is 4.82. The number of carbonyl (C=O) groups is 1. The number of aromatic nitrogens is 2. The smallest absolute Gasteiger partial charge is 0.416 e. The molecule has 1 N–H and O–H groups in total. The molecule has 0 unspecified atom stereocenters. The molecule has 20 heavy (non-hydrogen) atoms. The van der Waals surface area contributed by atoms with E-state index in [1.165, 1.54) is 23.9 Å². The molecule has 1 heterocycles. The van der Waals surface area contributed by atoms with Crippen molar-refractivity contribution in [3.8, 4) is 11.3 Å². The van der Waals surface area contributed by atoms with Crippen LogP contribution >= 0.6 is 11.6 Å². The van der Waals surface area contributed by atoms with Gasteiger partial charge in [-0.2, -0.15) is 18.3 Å². The second-order valence-corrected chi connectivity index (χ2v) is 4.51. The summed E-state index contributed by atoms with van der Waals surface area (Å²) in [5.41, 5.74) is -0.781. The number of rotatable bonds is 2. The van der Waals surface area contributed by atoms with Crippen LogP contribution in [0.15, 0.2) is 24.3 Å². The van der Waals surface area contributed by atoms with Crippen LogP contribution in [0.3, 0.4) is 0 Å². The Bertz CT molecular complexity index is 680. The average molecular weight is 305 g/mol. The lowest BCUT2D eigenvalue weighted by molar-refractivity contribution is -0.137. The van der Waals surface area contributed by atoms with Gasteiger partial charge >= 0.3 is 12.1 Å². The van der Waals surface area contributed by atoms with Crippen LogP contribution in [0.25, 0.3) is 11.3 Å². The Hall–Kier alpha value is -2.02. The highest BCUT2D eigenvalue weighted by atomic mass is 35.5. The molecule has 0 saturated heterocycles. The fraction of sp³-hybridized carbons (Fsp3) is 0.167. The van der Waals surface area contributed by atoms with Gasteiger partial charge in [0.2, 0.25) is 0 Å². The van der Waals surface area contributed by atoms with E-state index < -0.39 is 17.7 Å². The number of nitrogens with zero attached hydrogens (tertiary/aromatic N) is 2. The first kappa shape index (κ1) is 14.4. The van der Waals surface area contributed by atoms with Gasteiger partial charge in [-0.3, -0.25) is 4.68 Å². The summed E-state index contributed by atoms with van der Waals surface area (Å²) in [5, 5.41) is 12.4. The van der Waals surface area contributed by atoms with Crippen LogP contribution in [0.5, 0.6) is 0 Å². The number of hydrogen-bond acceptors (Lipinski definition) is 2. The molecule has 2 aromatic rings. The van der Waals surface area contributed by atoms with Crippen molar-refractivity contribution >= 4 is 17.6 Å². The first-order chi connectivity index (χ1) is 9.18.